The van der Waals surface area contributed by atoms with Crippen LogP contribution in [0.15, 0.2) is 78.9 Å². The van der Waals surface area contributed by atoms with Gasteiger partial charge in [-0.1, -0.05) is 66.2 Å². The lowest BCUT2D eigenvalue weighted by atomic mass is 10.1. The molecule has 0 aromatic heterocycles. The highest BCUT2D eigenvalue weighted by Crippen LogP contribution is 2.16. The van der Waals surface area contributed by atoms with Crippen molar-refractivity contribution >= 4 is 17.4 Å². The average molecular weight is 358 g/mol. The predicted octanol–water partition coefficient (Wildman–Crippen LogP) is 4.35. The fraction of sp³-hybridized carbons (Fsp3) is 0.130. The number of benzene rings is 3. The van der Waals surface area contributed by atoms with E-state index >= 15 is 0 Å². The Morgan fingerprint density at radius 2 is 1.37 bits per heavy atom. The second-order valence-electron chi connectivity index (χ2n) is 6.46. The Hall–Kier alpha value is -3.40. The summed E-state index contributed by atoms with van der Waals surface area (Å²) in [6, 6.07) is 23.9. The zero-order chi connectivity index (χ0) is 19.2. The molecule has 1 amide bonds. The van der Waals surface area contributed by atoms with E-state index in [2.05, 4.69) is 10.6 Å². The van der Waals surface area contributed by atoms with Gasteiger partial charge in [0.25, 0.3) is 5.91 Å². The van der Waals surface area contributed by atoms with Crippen molar-refractivity contribution in [3.05, 3.63) is 101 Å². The molecule has 0 aliphatic carbocycles. The number of carbonyl (C=O) groups is 2. The standard InChI is InChI=1S/C23H22N2O2/c1-16-12-14-19(15-13-16)23(27)25-22(21(26)18-9-4-3-5-10-18)24-20-11-7-6-8-17(20)2/h3-15,22,24H,1-2H3,(H,25,27)/t22-/m0/s1. The average Bonchev–Trinajstić information content (AvgIpc) is 2.69. The number of para-hydroxylation sites is 1. The minimum absolute atomic E-state index is 0.195. The lowest BCUT2D eigenvalue weighted by Gasteiger charge is -2.21. The topological polar surface area (TPSA) is 58.2 Å². The Morgan fingerprint density at radius 3 is 2.04 bits per heavy atom. The van der Waals surface area contributed by atoms with Crippen LogP contribution in [0.2, 0.25) is 0 Å². The number of aryl methyl sites for hydroxylation is 2. The van der Waals surface area contributed by atoms with Crippen molar-refractivity contribution < 1.29 is 9.59 Å². The first-order chi connectivity index (χ1) is 13.0. The van der Waals surface area contributed by atoms with E-state index in [1.165, 1.54) is 0 Å². The van der Waals surface area contributed by atoms with Crippen LogP contribution in [0.1, 0.15) is 31.8 Å². The van der Waals surface area contributed by atoms with Gasteiger partial charge in [0, 0.05) is 16.8 Å². The van der Waals surface area contributed by atoms with Crippen LogP contribution in [0, 0.1) is 13.8 Å². The van der Waals surface area contributed by atoms with Crippen molar-refractivity contribution in [1.82, 2.24) is 5.32 Å². The summed E-state index contributed by atoms with van der Waals surface area (Å²) in [5.74, 6) is -0.496. The molecule has 3 aromatic carbocycles. The van der Waals surface area contributed by atoms with Crippen LogP contribution in [0.3, 0.4) is 0 Å². The van der Waals surface area contributed by atoms with Gasteiger partial charge in [-0.25, -0.2) is 0 Å². The molecule has 4 heteroatoms. The van der Waals surface area contributed by atoms with Gasteiger partial charge in [-0.15, -0.1) is 0 Å². The molecule has 0 heterocycles. The van der Waals surface area contributed by atoms with Gasteiger partial charge in [0.05, 0.1) is 0 Å². The summed E-state index contributed by atoms with van der Waals surface area (Å²) < 4.78 is 0. The SMILES string of the molecule is Cc1ccc(C(=O)N[C@H](Nc2ccccc2C)C(=O)c2ccccc2)cc1. The second-order valence-corrected chi connectivity index (χ2v) is 6.46. The smallest absolute Gasteiger partial charge is 0.253 e. The Morgan fingerprint density at radius 1 is 0.741 bits per heavy atom. The molecule has 0 fully saturated rings. The molecule has 0 radical (unpaired) electrons. The summed E-state index contributed by atoms with van der Waals surface area (Å²) in [7, 11) is 0. The number of anilines is 1. The molecule has 0 aliphatic rings. The lowest BCUT2D eigenvalue weighted by Crippen LogP contribution is -2.46. The second kappa shape index (κ2) is 8.32. The molecule has 136 valence electrons. The van der Waals surface area contributed by atoms with Gasteiger partial charge >= 0.3 is 0 Å². The molecule has 4 nitrogen and oxygen atoms in total. The van der Waals surface area contributed by atoms with Gasteiger partial charge in [-0.3, -0.25) is 9.59 Å². The number of amides is 1. The summed E-state index contributed by atoms with van der Waals surface area (Å²) in [6.07, 6.45) is -0.873. The largest absolute Gasteiger partial charge is 0.359 e. The molecular formula is C23H22N2O2. The molecule has 0 bridgehead atoms. The highest BCUT2D eigenvalue weighted by Gasteiger charge is 2.23. The molecule has 0 unspecified atom stereocenters. The zero-order valence-corrected chi connectivity index (χ0v) is 15.4. The van der Waals surface area contributed by atoms with Gasteiger partial charge in [-0.05, 0) is 37.6 Å². The molecule has 0 saturated heterocycles. The van der Waals surface area contributed by atoms with Crippen LogP contribution in [-0.2, 0) is 0 Å². The molecule has 1 atom stereocenters. The normalized spacial score (nSPS) is 11.5. The number of rotatable bonds is 6. The van der Waals surface area contributed by atoms with Gasteiger partial charge in [0.15, 0.2) is 6.17 Å². The van der Waals surface area contributed by atoms with Crippen LogP contribution in [0.5, 0.6) is 0 Å². The molecule has 27 heavy (non-hydrogen) atoms. The van der Waals surface area contributed by atoms with E-state index < -0.39 is 6.17 Å². The molecule has 3 rings (SSSR count). The van der Waals surface area contributed by atoms with Crippen molar-refractivity contribution in [2.75, 3.05) is 5.32 Å². The first-order valence-corrected chi connectivity index (χ1v) is 8.83. The van der Waals surface area contributed by atoms with Crippen molar-refractivity contribution in [3.8, 4) is 0 Å². The first-order valence-electron chi connectivity index (χ1n) is 8.83. The molecule has 2 N–H and O–H groups in total. The van der Waals surface area contributed by atoms with Crippen molar-refractivity contribution in [2.24, 2.45) is 0 Å². The maximum Gasteiger partial charge on any atom is 0.253 e. The third-order valence-electron chi connectivity index (χ3n) is 4.35. The Bertz CT molecular complexity index is 934. The molecule has 0 saturated carbocycles. The fourth-order valence-electron chi connectivity index (χ4n) is 2.75. The predicted molar refractivity (Wildman–Crippen MR) is 108 cm³/mol. The monoisotopic (exact) mass is 358 g/mol. The number of hydrogen-bond acceptors (Lipinski definition) is 3. The van der Waals surface area contributed by atoms with Gasteiger partial charge in [0.2, 0.25) is 5.78 Å². The Labute approximate surface area is 159 Å². The summed E-state index contributed by atoms with van der Waals surface area (Å²) in [6.45, 7) is 3.91. The summed E-state index contributed by atoms with van der Waals surface area (Å²) >= 11 is 0. The van der Waals surface area contributed by atoms with Crippen molar-refractivity contribution in [2.45, 2.75) is 20.0 Å². The molecular weight excluding hydrogens is 336 g/mol. The summed E-state index contributed by atoms with van der Waals surface area (Å²) in [5.41, 5.74) is 3.91. The van der Waals surface area contributed by atoms with Gasteiger partial charge < -0.3 is 10.6 Å². The van der Waals surface area contributed by atoms with E-state index in [0.717, 1.165) is 16.8 Å². The van der Waals surface area contributed by atoms with E-state index in [1.807, 2.05) is 56.3 Å². The minimum Gasteiger partial charge on any atom is -0.359 e. The van der Waals surface area contributed by atoms with E-state index in [0.29, 0.717) is 11.1 Å². The zero-order valence-electron chi connectivity index (χ0n) is 15.4. The fourth-order valence-corrected chi connectivity index (χ4v) is 2.75. The molecule has 3 aromatic rings. The molecule has 0 spiro atoms. The van der Waals surface area contributed by atoms with Gasteiger partial charge in [-0.2, -0.15) is 0 Å². The number of hydrogen-bond donors (Lipinski definition) is 2. The Kier molecular flexibility index (Phi) is 5.67. The number of carbonyl (C=O) groups excluding carboxylic acids is 2. The Balaban J connectivity index is 1.87. The third-order valence-corrected chi connectivity index (χ3v) is 4.35. The van der Waals surface area contributed by atoms with Gasteiger partial charge in [0.1, 0.15) is 0 Å². The maximum absolute atomic E-state index is 13.0. The van der Waals surface area contributed by atoms with E-state index in [-0.39, 0.29) is 11.7 Å². The highest BCUT2D eigenvalue weighted by molar-refractivity contribution is 6.05. The first kappa shape index (κ1) is 18.4. The van der Waals surface area contributed by atoms with Crippen LogP contribution in [0.25, 0.3) is 0 Å². The maximum atomic E-state index is 13.0. The van der Waals surface area contributed by atoms with Crippen LogP contribution < -0.4 is 10.6 Å². The van der Waals surface area contributed by atoms with Crippen LogP contribution >= 0.6 is 0 Å². The minimum atomic E-state index is -0.873. The lowest BCUT2D eigenvalue weighted by molar-refractivity contribution is 0.0869. The molecule has 0 aliphatic heterocycles. The summed E-state index contributed by atoms with van der Waals surface area (Å²) in [5, 5.41) is 6.00. The number of Topliss-reactive ketones (excluding diaryl/α,β-unsaturated/α-hetero) is 1. The van der Waals surface area contributed by atoms with Crippen molar-refractivity contribution in [3.63, 3.8) is 0 Å². The highest BCUT2D eigenvalue weighted by atomic mass is 16.2. The van der Waals surface area contributed by atoms with Crippen LogP contribution in [-0.4, -0.2) is 17.9 Å². The van der Waals surface area contributed by atoms with Crippen LogP contribution in [0.4, 0.5) is 5.69 Å². The van der Waals surface area contributed by atoms with E-state index in [4.69, 9.17) is 0 Å². The number of ketones is 1. The number of nitrogens with one attached hydrogen (secondary N) is 2. The third kappa shape index (κ3) is 4.61. The van der Waals surface area contributed by atoms with Crippen molar-refractivity contribution in [1.29, 1.82) is 0 Å². The summed E-state index contributed by atoms with van der Waals surface area (Å²) in [4.78, 5) is 25.7. The van der Waals surface area contributed by atoms with E-state index in [1.54, 1.807) is 36.4 Å². The van der Waals surface area contributed by atoms with E-state index in [9.17, 15) is 9.59 Å². The quantitative estimate of drug-likeness (QED) is 0.509.